The first-order chi connectivity index (χ1) is 10.9. The Morgan fingerprint density at radius 3 is 2.04 bits per heavy atom. The summed E-state index contributed by atoms with van der Waals surface area (Å²) in [4.78, 5) is 0. The van der Waals surface area contributed by atoms with E-state index in [1.165, 1.54) is 11.1 Å². The third-order valence-electron chi connectivity index (χ3n) is 4.67. The fraction of sp³-hybridized carbons (Fsp3) is 0.238. The van der Waals surface area contributed by atoms with Gasteiger partial charge >= 0.3 is 0 Å². The van der Waals surface area contributed by atoms with Crippen LogP contribution in [-0.2, 0) is 0 Å². The highest BCUT2D eigenvalue weighted by molar-refractivity contribution is 5.86. The van der Waals surface area contributed by atoms with Gasteiger partial charge in [-0.25, -0.2) is 0 Å². The Labute approximate surface area is 138 Å². The molecule has 0 bridgehead atoms. The molecule has 0 saturated carbocycles. The van der Waals surface area contributed by atoms with Crippen molar-refractivity contribution in [2.24, 2.45) is 11.5 Å². The molecule has 2 atom stereocenters. The highest BCUT2D eigenvalue weighted by Crippen LogP contribution is 2.37. The van der Waals surface area contributed by atoms with E-state index in [0.29, 0.717) is 0 Å². The molecular formula is C21H24N2. The van der Waals surface area contributed by atoms with Crippen molar-refractivity contribution in [2.75, 3.05) is 0 Å². The molecule has 0 fully saturated rings. The maximum Gasteiger partial charge on any atom is 0.0582 e. The van der Waals surface area contributed by atoms with Crippen molar-refractivity contribution in [3.63, 3.8) is 0 Å². The van der Waals surface area contributed by atoms with E-state index < -0.39 is 5.54 Å². The zero-order chi connectivity index (χ0) is 16.6. The fourth-order valence-electron chi connectivity index (χ4n) is 3.27. The van der Waals surface area contributed by atoms with Crippen LogP contribution >= 0.6 is 0 Å². The first-order valence-electron chi connectivity index (χ1n) is 8.00. The normalized spacial score (nSPS) is 24.1. The van der Waals surface area contributed by atoms with Gasteiger partial charge in [0.25, 0.3) is 0 Å². The first kappa shape index (κ1) is 15.7. The molecular weight excluding hydrogens is 280 g/mol. The van der Waals surface area contributed by atoms with Crippen molar-refractivity contribution in [3.8, 4) is 0 Å². The smallest absolute Gasteiger partial charge is 0.0582 e. The number of benzene rings is 2. The molecule has 3 rings (SSSR count). The average molecular weight is 304 g/mol. The molecule has 2 unspecified atom stereocenters. The molecule has 2 aromatic carbocycles. The molecule has 0 heterocycles. The Balaban J connectivity index is 2.10. The lowest BCUT2D eigenvalue weighted by molar-refractivity contribution is 0.542. The van der Waals surface area contributed by atoms with Gasteiger partial charge in [0, 0.05) is 0 Å². The minimum absolute atomic E-state index is 0.246. The largest absolute Gasteiger partial charge is 0.322 e. The first-order valence-corrected chi connectivity index (χ1v) is 8.00. The monoisotopic (exact) mass is 304 g/mol. The molecule has 2 heteroatoms. The molecule has 0 amide bonds. The Morgan fingerprint density at radius 1 is 0.870 bits per heavy atom. The van der Waals surface area contributed by atoms with E-state index in [4.69, 9.17) is 11.5 Å². The maximum absolute atomic E-state index is 6.68. The van der Waals surface area contributed by atoms with Gasteiger partial charge < -0.3 is 11.5 Å². The lowest BCUT2D eigenvalue weighted by Crippen LogP contribution is -2.55. The van der Waals surface area contributed by atoms with Crippen molar-refractivity contribution in [1.82, 2.24) is 0 Å². The summed E-state index contributed by atoms with van der Waals surface area (Å²) >= 11 is 0. The van der Waals surface area contributed by atoms with E-state index >= 15 is 0 Å². The number of allylic oxidation sites excluding steroid dienone is 2. The zero-order valence-corrected chi connectivity index (χ0v) is 14.0. The van der Waals surface area contributed by atoms with Crippen molar-refractivity contribution in [1.29, 1.82) is 0 Å². The van der Waals surface area contributed by atoms with Crippen LogP contribution in [0.3, 0.4) is 0 Å². The molecule has 0 radical (unpaired) electrons. The summed E-state index contributed by atoms with van der Waals surface area (Å²) in [7, 11) is 0. The standard InChI is InChI=1S/C21H24N2/c1-14-6-4-8-16(12-14)18-10-11-19(21(3,23)20(18)22)17-9-5-7-15(2)13-17/h4-13,20H,22-23H2,1-3H3. The molecule has 1 aliphatic carbocycles. The van der Waals surface area contributed by atoms with Gasteiger partial charge in [0.15, 0.2) is 0 Å². The summed E-state index contributed by atoms with van der Waals surface area (Å²) in [6, 6.07) is 16.6. The molecule has 0 saturated heterocycles. The molecule has 2 aromatic rings. The number of nitrogens with two attached hydrogens (primary N) is 2. The van der Waals surface area contributed by atoms with E-state index in [0.717, 1.165) is 22.3 Å². The molecule has 0 aromatic heterocycles. The van der Waals surface area contributed by atoms with E-state index in [2.05, 4.69) is 74.5 Å². The third-order valence-corrected chi connectivity index (χ3v) is 4.67. The molecule has 2 nitrogen and oxygen atoms in total. The Morgan fingerprint density at radius 2 is 1.43 bits per heavy atom. The van der Waals surface area contributed by atoms with Crippen LogP contribution in [0.2, 0.25) is 0 Å². The predicted octanol–water partition coefficient (Wildman–Crippen LogP) is 3.83. The SMILES string of the molecule is Cc1cccc(C2=CC=C(c3cccc(C)c3)C(C)(N)C2N)c1. The van der Waals surface area contributed by atoms with Gasteiger partial charge in [-0.1, -0.05) is 71.8 Å². The van der Waals surface area contributed by atoms with Crippen molar-refractivity contribution in [2.45, 2.75) is 32.4 Å². The van der Waals surface area contributed by atoms with Gasteiger partial charge in [0.1, 0.15) is 0 Å². The zero-order valence-electron chi connectivity index (χ0n) is 14.0. The molecule has 23 heavy (non-hydrogen) atoms. The van der Waals surface area contributed by atoms with Gasteiger partial charge in [-0.2, -0.15) is 0 Å². The van der Waals surface area contributed by atoms with E-state index in [-0.39, 0.29) is 6.04 Å². The van der Waals surface area contributed by atoms with Crippen LogP contribution in [0.5, 0.6) is 0 Å². The van der Waals surface area contributed by atoms with Crippen LogP contribution in [0.25, 0.3) is 11.1 Å². The van der Waals surface area contributed by atoms with Crippen molar-refractivity contribution in [3.05, 3.63) is 82.9 Å². The van der Waals surface area contributed by atoms with Crippen molar-refractivity contribution < 1.29 is 0 Å². The highest BCUT2D eigenvalue weighted by Gasteiger charge is 2.36. The number of hydrogen-bond donors (Lipinski definition) is 2. The van der Waals surface area contributed by atoms with Gasteiger partial charge in [-0.15, -0.1) is 0 Å². The molecule has 0 spiro atoms. The maximum atomic E-state index is 6.68. The number of hydrogen-bond acceptors (Lipinski definition) is 2. The Hall–Kier alpha value is -2.16. The molecule has 118 valence electrons. The van der Waals surface area contributed by atoms with Crippen LogP contribution in [0.1, 0.15) is 29.2 Å². The average Bonchev–Trinajstić information content (AvgIpc) is 2.50. The van der Waals surface area contributed by atoms with Crippen LogP contribution in [0.15, 0.2) is 60.7 Å². The van der Waals surface area contributed by atoms with Crippen LogP contribution in [0.4, 0.5) is 0 Å². The van der Waals surface area contributed by atoms with Crippen LogP contribution in [0, 0.1) is 13.8 Å². The summed E-state index contributed by atoms with van der Waals surface area (Å²) in [5.74, 6) is 0. The summed E-state index contributed by atoms with van der Waals surface area (Å²) in [6.07, 6.45) is 4.24. The summed E-state index contributed by atoms with van der Waals surface area (Å²) in [5, 5.41) is 0. The summed E-state index contributed by atoms with van der Waals surface area (Å²) in [5.41, 5.74) is 19.6. The second-order valence-electron chi connectivity index (χ2n) is 6.70. The predicted molar refractivity (Wildman–Crippen MR) is 98.9 cm³/mol. The molecule has 1 aliphatic rings. The van der Waals surface area contributed by atoms with Gasteiger partial charge in [0.05, 0.1) is 11.6 Å². The minimum Gasteiger partial charge on any atom is -0.322 e. The quantitative estimate of drug-likeness (QED) is 0.886. The molecule has 4 N–H and O–H groups in total. The topological polar surface area (TPSA) is 52.0 Å². The lowest BCUT2D eigenvalue weighted by Gasteiger charge is -2.38. The van der Waals surface area contributed by atoms with E-state index in [1.54, 1.807) is 0 Å². The number of aryl methyl sites for hydroxylation is 2. The van der Waals surface area contributed by atoms with Crippen LogP contribution in [-0.4, -0.2) is 11.6 Å². The summed E-state index contributed by atoms with van der Waals surface area (Å²) < 4.78 is 0. The third kappa shape index (κ3) is 2.88. The number of rotatable bonds is 2. The minimum atomic E-state index is -0.610. The van der Waals surface area contributed by atoms with Crippen LogP contribution < -0.4 is 11.5 Å². The fourth-order valence-corrected chi connectivity index (χ4v) is 3.27. The highest BCUT2D eigenvalue weighted by atomic mass is 14.9. The Kier molecular flexibility index (Phi) is 3.97. The summed E-state index contributed by atoms with van der Waals surface area (Å²) in [6.45, 7) is 6.21. The lowest BCUT2D eigenvalue weighted by atomic mass is 9.73. The molecule has 0 aliphatic heterocycles. The van der Waals surface area contributed by atoms with Gasteiger partial charge in [0.2, 0.25) is 0 Å². The second-order valence-corrected chi connectivity index (χ2v) is 6.70. The second kappa shape index (κ2) is 5.80. The van der Waals surface area contributed by atoms with Crippen molar-refractivity contribution >= 4 is 11.1 Å². The van der Waals surface area contributed by atoms with Gasteiger partial charge in [-0.3, -0.25) is 0 Å². The Bertz CT molecular complexity index is 797. The van der Waals surface area contributed by atoms with E-state index in [9.17, 15) is 0 Å². The van der Waals surface area contributed by atoms with Gasteiger partial charge in [-0.05, 0) is 43.0 Å². The van der Waals surface area contributed by atoms with E-state index in [1.807, 2.05) is 6.92 Å².